The molecule has 2 rings (SSSR count). The molecule has 0 radical (unpaired) electrons. The summed E-state index contributed by atoms with van der Waals surface area (Å²) >= 11 is 5.94. The fraction of sp³-hybridized carbons (Fsp3) is 0.462. The molecule has 1 aromatic carbocycles. The molecule has 0 aromatic heterocycles. The van der Waals surface area contributed by atoms with Gasteiger partial charge in [0.05, 0.1) is 6.04 Å². The van der Waals surface area contributed by atoms with E-state index in [-0.39, 0.29) is 12.1 Å². The van der Waals surface area contributed by atoms with Crippen LogP contribution in [0.15, 0.2) is 18.2 Å². The molecule has 1 N–H and O–H groups in total. The molecule has 1 aliphatic heterocycles. The zero-order valence-electron chi connectivity index (χ0n) is 10.9. The van der Waals surface area contributed by atoms with Gasteiger partial charge >= 0.3 is 6.03 Å². The topological polar surface area (TPSA) is 35.6 Å². The van der Waals surface area contributed by atoms with Crippen molar-refractivity contribution in [1.82, 2.24) is 10.2 Å². The van der Waals surface area contributed by atoms with Gasteiger partial charge in [-0.05, 0) is 37.7 Å². The molecule has 5 heteroatoms. The first-order valence-electron chi connectivity index (χ1n) is 5.99. The minimum atomic E-state index is 0.0423. The second-order valence-electron chi connectivity index (χ2n) is 4.65. The van der Waals surface area contributed by atoms with Crippen molar-refractivity contribution < 1.29 is 4.79 Å². The van der Waals surface area contributed by atoms with Crippen molar-refractivity contribution in [3.8, 4) is 0 Å². The van der Waals surface area contributed by atoms with Crippen LogP contribution in [0.1, 0.15) is 5.56 Å². The summed E-state index contributed by atoms with van der Waals surface area (Å²) in [7, 11) is 3.74. The minimum Gasteiger partial charge on any atom is -0.321 e. The largest absolute Gasteiger partial charge is 0.324 e. The number of rotatable bonds is 3. The van der Waals surface area contributed by atoms with Gasteiger partial charge in [0.15, 0.2) is 0 Å². The number of nitrogens with one attached hydrogen (secondary N) is 1. The number of urea groups is 1. The molecule has 1 aromatic rings. The predicted octanol–water partition coefficient (Wildman–Crippen LogP) is 2.11. The third-order valence-electron chi connectivity index (χ3n) is 3.36. The number of aryl methyl sites for hydroxylation is 1. The molecule has 2 amide bonds. The number of nitrogens with zero attached hydrogens (tertiary/aromatic N) is 2. The lowest BCUT2D eigenvalue weighted by Crippen LogP contribution is -2.37. The van der Waals surface area contributed by atoms with Gasteiger partial charge in [0.2, 0.25) is 0 Å². The van der Waals surface area contributed by atoms with E-state index >= 15 is 0 Å². The van der Waals surface area contributed by atoms with E-state index in [0.29, 0.717) is 11.6 Å². The summed E-state index contributed by atoms with van der Waals surface area (Å²) in [6.07, 6.45) is 0. The molecule has 0 spiro atoms. The first kappa shape index (κ1) is 13.2. The van der Waals surface area contributed by atoms with Gasteiger partial charge < -0.3 is 10.2 Å². The number of carbonyl (C=O) groups is 1. The van der Waals surface area contributed by atoms with E-state index in [9.17, 15) is 4.79 Å². The molecule has 1 atom stereocenters. The number of anilines is 1. The Hall–Kier alpha value is -1.26. The lowest BCUT2D eigenvalue weighted by atomic mass is 10.2. The number of amides is 2. The second-order valence-corrected chi connectivity index (χ2v) is 5.08. The SMILES string of the molecule is CNCC1CN(c2ccc(Cl)cc2C)C(=O)N1C. The number of benzene rings is 1. The first-order valence-corrected chi connectivity index (χ1v) is 6.37. The van der Waals surface area contributed by atoms with E-state index in [1.54, 1.807) is 4.90 Å². The van der Waals surface area contributed by atoms with Gasteiger partial charge in [0.1, 0.15) is 0 Å². The maximum Gasteiger partial charge on any atom is 0.324 e. The lowest BCUT2D eigenvalue weighted by molar-refractivity contribution is 0.218. The molecule has 98 valence electrons. The number of hydrogen-bond acceptors (Lipinski definition) is 2. The molecule has 0 aliphatic carbocycles. The van der Waals surface area contributed by atoms with Crippen molar-refractivity contribution in [3.63, 3.8) is 0 Å². The van der Waals surface area contributed by atoms with Crippen LogP contribution in [0.4, 0.5) is 10.5 Å². The Morgan fingerprint density at radius 3 is 2.83 bits per heavy atom. The monoisotopic (exact) mass is 267 g/mol. The van der Waals surface area contributed by atoms with E-state index in [4.69, 9.17) is 11.6 Å². The Morgan fingerprint density at radius 2 is 2.22 bits per heavy atom. The fourth-order valence-electron chi connectivity index (χ4n) is 2.32. The summed E-state index contributed by atoms with van der Waals surface area (Å²) in [5.41, 5.74) is 1.96. The van der Waals surface area contributed by atoms with E-state index in [0.717, 1.165) is 17.8 Å². The Labute approximate surface area is 113 Å². The Kier molecular flexibility index (Phi) is 3.78. The molecular weight excluding hydrogens is 250 g/mol. The quantitative estimate of drug-likeness (QED) is 0.911. The molecule has 4 nitrogen and oxygen atoms in total. The van der Waals surface area contributed by atoms with Crippen LogP contribution in [0, 0.1) is 6.92 Å². The average Bonchev–Trinajstić information content (AvgIpc) is 2.58. The van der Waals surface area contributed by atoms with Crippen molar-refractivity contribution >= 4 is 23.3 Å². The van der Waals surface area contributed by atoms with Gasteiger partial charge in [-0.25, -0.2) is 4.79 Å². The van der Waals surface area contributed by atoms with Gasteiger partial charge in [0.25, 0.3) is 0 Å². The van der Waals surface area contributed by atoms with Crippen LogP contribution in [-0.4, -0.2) is 44.2 Å². The number of carbonyl (C=O) groups excluding carboxylic acids is 1. The first-order chi connectivity index (χ1) is 8.54. The Bertz CT molecular complexity index is 464. The van der Waals surface area contributed by atoms with Crippen molar-refractivity contribution in [1.29, 1.82) is 0 Å². The van der Waals surface area contributed by atoms with Crippen molar-refractivity contribution in [2.75, 3.05) is 32.1 Å². The van der Waals surface area contributed by atoms with Crippen LogP contribution >= 0.6 is 11.6 Å². The van der Waals surface area contributed by atoms with E-state index in [2.05, 4.69) is 5.32 Å². The highest BCUT2D eigenvalue weighted by atomic mass is 35.5. The van der Waals surface area contributed by atoms with Crippen LogP contribution in [0.2, 0.25) is 5.02 Å². The summed E-state index contributed by atoms with van der Waals surface area (Å²) in [6.45, 7) is 3.48. The molecule has 0 bridgehead atoms. The van der Waals surface area contributed by atoms with Crippen LogP contribution in [0.3, 0.4) is 0 Å². The van der Waals surface area contributed by atoms with Gasteiger partial charge in [-0.2, -0.15) is 0 Å². The molecule has 1 aliphatic rings. The zero-order valence-corrected chi connectivity index (χ0v) is 11.7. The molecule has 1 fully saturated rings. The van der Waals surface area contributed by atoms with Crippen molar-refractivity contribution in [2.45, 2.75) is 13.0 Å². The summed E-state index contributed by atoms with van der Waals surface area (Å²) < 4.78 is 0. The predicted molar refractivity (Wildman–Crippen MR) is 74.4 cm³/mol. The van der Waals surface area contributed by atoms with Crippen molar-refractivity contribution in [3.05, 3.63) is 28.8 Å². The smallest absolute Gasteiger partial charge is 0.321 e. The third-order valence-corrected chi connectivity index (χ3v) is 3.60. The maximum absolute atomic E-state index is 12.2. The lowest BCUT2D eigenvalue weighted by Gasteiger charge is -2.18. The summed E-state index contributed by atoms with van der Waals surface area (Å²) in [4.78, 5) is 15.8. The number of likely N-dealkylation sites (N-methyl/N-ethyl adjacent to an activating group) is 2. The van der Waals surface area contributed by atoms with Gasteiger partial charge in [-0.3, -0.25) is 4.90 Å². The number of hydrogen-bond donors (Lipinski definition) is 1. The van der Waals surface area contributed by atoms with E-state index < -0.39 is 0 Å². The normalized spacial score (nSPS) is 19.8. The Balaban J connectivity index is 2.26. The highest BCUT2D eigenvalue weighted by Crippen LogP contribution is 2.28. The second kappa shape index (κ2) is 5.16. The third kappa shape index (κ3) is 2.31. The summed E-state index contributed by atoms with van der Waals surface area (Å²) in [5, 5.41) is 3.81. The average molecular weight is 268 g/mol. The van der Waals surface area contributed by atoms with E-state index in [1.165, 1.54) is 0 Å². The van der Waals surface area contributed by atoms with Crippen molar-refractivity contribution in [2.24, 2.45) is 0 Å². The van der Waals surface area contributed by atoms with Gasteiger partial charge in [0, 0.05) is 30.8 Å². The van der Waals surface area contributed by atoms with E-state index in [1.807, 2.05) is 44.1 Å². The molecule has 18 heavy (non-hydrogen) atoms. The Morgan fingerprint density at radius 1 is 1.50 bits per heavy atom. The van der Waals surface area contributed by atoms with Crippen LogP contribution < -0.4 is 10.2 Å². The molecule has 1 saturated heterocycles. The van der Waals surface area contributed by atoms with Crippen LogP contribution in [0.5, 0.6) is 0 Å². The van der Waals surface area contributed by atoms with Crippen LogP contribution in [-0.2, 0) is 0 Å². The minimum absolute atomic E-state index is 0.0423. The molecule has 1 heterocycles. The maximum atomic E-state index is 12.2. The van der Waals surface area contributed by atoms with Crippen LogP contribution in [0.25, 0.3) is 0 Å². The number of halogens is 1. The fourth-order valence-corrected chi connectivity index (χ4v) is 2.54. The standard InChI is InChI=1S/C13H18ClN3O/c1-9-6-10(14)4-5-12(9)17-8-11(7-15-2)16(3)13(17)18/h4-6,11,15H,7-8H2,1-3H3. The molecule has 0 saturated carbocycles. The zero-order chi connectivity index (χ0) is 13.3. The molecule has 1 unspecified atom stereocenters. The van der Waals surface area contributed by atoms with Gasteiger partial charge in [-0.1, -0.05) is 11.6 Å². The highest BCUT2D eigenvalue weighted by Gasteiger charge is 2.35. The van der Waals surface area contributed by atoms with Gasteiger partial charge in [-0.15, -0.1) is 0 Å². The highest BCUT2D eigenvalue weighted by molar-refractivity contribution is 6.30. The summed E-state index contributed by atoms with van der Waals surface area (Å²) in [5.74, 6) is 0. The molecular formula is C13H18ClN3O. The summed E-state index contributed by atoms with van der Waals surface area (Å²) in [6, 6.07) is 5.86.